The van der Waals surface area contributed by atoms with Gasteiger partial charge in [0, 0.05) is 38.8 Å². The molecule has 2 rings (SSSR count). The molecule has 26 heavy (non-hydrogen) atoms. The molecule has 1 saturated heterocycles. The Morgan fingerprint density at radius 3 is 2.46 bits per heavy atom. The van der Waals surface area contributed by atoms with Gasteiger partial charge in [-0.2, -0.15) is 0 Å². The minimum atomic E-state index is 0. The molecule has 1 heterocycles. The lowest BCUT2D eigenvalue weighted by Gasteiger charge is -2.33. The van der Waals surface area contributed by atoms with E-state index in [1.165, 1.54) is 16.7 Å². The fourth-order valence-electron chi connectivity index (χ4n) is 3.18. The first-order valence-corrected chi connectivity index (χ1v) is 9.54. The van der Waals surface area contributed by atoms with Crippen LogP contribution in [0.5, 0.6) is 0 Å². The highest BCUT2D eigenvalue weighted by Gasteiger charge is 2.19. The van der Waals surface area contributed by atoms with Crippen LogP contribution in [0.2, 0.25) is 0 Å². The number of guanidine groups is 1. The van der Waals surface area contributed by atoms with Crippen molar-refractivity contribution in [3.8, 4) is 0 Å². The number of aryl methyl sites for hydroxylation is 1. The number of halogens is 1. The van der Waals surface area contributed by atoms with Crippen LogP contribution in [0, 0.1) is 6.92 Å². The zero-order chi connectivity index (χ0) is 18.1. The molecule has 146 valence electrons. The molecule has 0 aliphatic carbocycles. The summed E-state index contributed by atoms with van der Waals surface area (Å²) in [6.45, 7) is 15.4. The lowest BCUT2D eigenvalue weighted by molar-refractivity contribution is 0.221. The summed E-state index contributed by atoms with van der Waals surface area (Å²) in [6.07, 6.45) is 3.30. The molecule has 1 fully saturated rings. The number of hydrogen-bond acceptors (Lipinski definition) is 2. The number of nitrogens with zero attached hydrogens (tertiary/aromatic N) is 2. The molecule has 0 atom stereocenters. The summed E-state index contributed by atoms with van der Waals surface area (Å²) >= 11 is 0. The van der Waals surface area contributed by atoms with Crippen LogP contribution in [-0.4, -0.2) is 49.6 Å². The summed E-state index contributed by atoms with van der Waals surface area (Å²) in [4.78, 5) is 7.25. The minimum absolute atomic E-state index is 0. The monoisotopic (exact) mass is 470 g/mol. The van der Waals surface area contributed by atoms with Crippen LogP contribution in [0.15, 0.2) is 41.4 Å². The van der Waals surface area contributed by atoms with Gasteiger partial charge in [-0.1, -0.05) is 42.0 Å². The summed E-state index contributed by atoms with van der Waals surface area (Å²) in [5.41, 5.74) is 3.90. The first kappa shape index (κ1) is 23.0. The standard InChI is InChI=1S/C21H34N4.HI/c1-5-22-21(23-13-10-19-8-6-18(4)7-9-19)24-20-11-14-25(15-12-20)16-17(2)3;/h6-9,20H,2,5,10-16H2,1,3-4H3,(H2,22,23,24);1H. The third-order valence-corrected chi connectivity index (χ3v) is 4.56. The first-order chi connectivity index (χ1) is 12.1. The van der Waals surface area contributed by atoms with Crippen LogP contribution in [0.3, 0.4) is 0 Å². The lowest BCUT2D eigenvalue weighted by Crippen LogP contribution is -2.48. The van der Waals surface area contributed by atoms with Gasteiger partial charge in [0.1, 0.15) is 0 Å². The van der Waals surface area contributed by atoms with Crippen molar-refractivity contribution < 1.29 is 0 Å². The van der Waals surface area contributed by atoms with E-state index in [9.17, 15) is 0 Å². The second-order valence-corrected chi connectivity index (χ2v) is 7.15. The van der Waals surface area contributed by atoms with Crippen molar-refractivity contribution in [2.45, 2.75) is 46.1 Å². The van der Waals surface area contributed by atoms with Crippen LogP contribution in [0.1, 0.15) is 37.8 Å². The Morgan fingerprint density at radius 1 is 1.23 bits per heavy atom. The largest absolute Gasteiger partial charge is 0.357 e. The fraction of sp³-hybridized carbons (Fsp3) is 0.571. The van der Waals surface area contributed by atoms with Crippen molar-refractivity contribution in [2.24, 2.45) is 4.99 Å². The van der Waals surface area contributed by atoms with Crippen molar-refractivity contribution in [3.05, 3.63) is 47.5 Å². The molecule has 1 aliphatic rings. The minimum Gasteiger partial charge on any atom is -0.357 e. The molecule has 0 bridgehead atoms. The smallest absolute Gasteiger partial charge is 0.191 e. The number of hydrogen-bond donors (Lipinski definition) is 2. The van der Waals surface area contributed by atoms with Crippen LogP contribution in [0.25, 0.3) is 0 Å². The third kappa shape index (κ3) is 8.54. The second kappa shape index (κ2) is 12.3. The molecular weight excluding hydrogens is 435 g/mol. The Labute approximate surface area is 176 Å². The molecule has 0 amide bonds. The van der Waals surface area contributed by atoms with Crippen LogP contribution in [-0.2, 0) is 6.42 Å². The van der Waals surface area contributed by atoms with E-state index in [0.717, 1.165) is 57.9 Å². The SMILES string of the molecule is C=C(C)CN1CCC(NC(=NCCc2ccc(C)cc2)NCC)CC1.I. The van der Waals surface area contributed by atoms with Crippen LogP contribution >= 0.6 is 24.0 Å². The van der Waals surface area contributed by atoms with E-state index in [1.54, 1.807) is 0 Å². The number of aliphatic imine (C=N–C) groups is 1. The predicted molar refractivity (Wildman–Crippen MR) is 124 cm³/mol. The summed E-state index contributed by atoms with van der Waals surface area (Å²) in [5, 5.41) is 7.00. The van der Waals surface area contributed by atoms with Gasteiger partial charge in [-0.15, -0.1) is 24.0 Å². The van der Waals surface area contributed by atoms with E-state index in [2.05, 4.69) is 67.1 Å². The fourth-order valence-corrected chi connectivity index (χ4v) is 3.18. The van der Waals surface area contributed by atoms with E-state index in [0.29, 0.717) is 6.04 Å². The summed E-state index contributed by atoms with van der Waals surface area (Å²) in [5.74, 6) is 0.952. The molecule has 5 heteroatoms. The van der Waals surface area contributed by atoms with E-state index in [1.807, 2.05) is 0 Å². The van der Waals surface area contributed by atoms with Gasteiger partial charge in [-0.05, 0) is 45.6 Å². The molecule has 0 radical (unpaired) electrons. The maximum absolute atomic E-state index is 4.76. The molecule has 1 aliphatic heterocycles. The van der Waals surface area contributed by atoms with Crippen molar-refractivity contribution in [2.75, 3.05) is 32.7 Å². The molecule has 0 saturated carbocycles. The van der Waals surface area contributed by atoms with Crippen LogP contribution < -0.4 is 10.6 Å². The predicted octanol–water partition coefficient (Wildman–Crippen LogP) is 3.75. The summed E-state index contributed by atoms with van der Waals surface area (Å²) in [6, 6.07) is 9.24. The number of likely N-dealkylation sites (tertiary alicyclic amines) is 1. The van der Waals surface area contributed by atoms with Gasteiger partial charge in [0.15, 0.2) is 5.96 Å². The molecule has 0 spiro atoms. The Balaban J connectivity index is 0.00000338. The Bertz CT molecular complexity index is 560. The van der Waals surface area contributed by atoms with E-state index in [4.69, 9.17) is 4.99 Å². The zero-order valence-corrected chi connectivity index (χ0v) is 18.9. The molecule has 1 aromatic carbocycles. The van der Waals surface area contributed by atoms with E-state index < -0.39 is 0 Å². The van der Waals surface area contributed by atoms with Crippen molar-refractivity contribution in [1.29, 1.82) is 0 Å². The van der Waals surface area contributed by atoms with Crippen molar-refractivity contribution >= 4 is 29.9 Å². The average Bonchev–Trinajstić information content (AvgIpc) is 2.58. The quantitative estimate of drug-likeness (QED) is 0.276. The second-order valence-electron chi connectivity index (χ2n) is 7.15. The first-order valence-electron chi connectivity index (χ1n) is 9.54. The van der Waals surface area contributed by atoms with Gasteiger partial charge < -0.3 is 10.6 Å². The number of nitrogens with one attached hydrogen (secondary N) is 2. The van der Waals surface area contributed by atoms with Crippen molar-refractivity contribution in [3.63, 3.8) is 0 Å². The molecule has 2 N–H and O–H groups in total. The third-order valence-electron chi connectivity index (χ3n) is 4.56. The maximum Gasteiger partial charge on any atom is 0.191 e. The molecular formula is C21H35IN4. The van der Waals surface area contributed by atoms with Gasteiger partial charge in [0.05, 0.1) is 0 Å². The molecule has 0 aromatic heterocycles. The van der Waals surface area contributed by atoms with Crippen LogP contribution in [0.4, 0.5) is 0 Å². The number of benzene rings is 1. The number of piperidine rings is 1. The zero-order valence-electron chi connectivity index (χ0n) is 16.6. The van der Waals surface area contributed by atoms with Gasteiger partial charge in [-0.25, -0.2) is 0 Å². The topological polar surface area (TPSA) is 39.7 Å². The van der Waals surface area contributed by atoms with Gasteiger partial charge in [0.2, 0.25) is 0 Å². The Kier molecular flexibility index (Phi) is 10.9. The lowest BCUT2D eigenvalue weighted by atomic mass is 10.0. The summed E-state index contributed by atoms with van der Waals surface area (Å²) in [7, 11) is 0. The highest BCUT2D eigenvalue weighted by atomic mass is 127. The normalized spacial score (nSPS) is 16.0. The average molecular weight is 470 g/mol. The van der Waals surface area contributed by atoms with Gasteiger partial charge in [-0.3, -0.25) is 9.89 Å². The highest BCUT2D eigenvalue weighted by Crippen LogP contribution is 2.11. The van der Waals surface area contributed by atoms with Gasteiger partial charge in [0.25, 0.3) is 0 Å². The van der Waals surface area contributed by atoms with Gasteiger partial charge >= 0.3 is 0 Å². The number of rotatable bonds is 7. The maximum atomic E-state index is 4.76. The molecule has 1 aromatic rings. The summed E-state index contributed by atoms with van der Waals surface area (Å²) < 4.78 is 0. The molecule has 4 nitrogen and oxygen atoms in total. The highest BCUT2D eigenvalue weighted by molar-refractivity contribution is 14.0. The van der Waals surface area contributed by atoms with Crippen molar-refractivity contribution in [1.82, 2.24) is 15.5 Å². The Hall–Kier alpha value is -1.08. The van der Waals surface area contributed by atoms with E-state index >= 15 is 0 Å². The Morgan fingerprint density at radius 2 is 1.88 bits per heavy atom. The molecule has 0 unspecified atom stereocenters. The van der Waals surface area contributed by atoms with E-state index in [-0.39, 0.29) is 24.0 Å².